The fourth-order valence-corrected chi connectivity index (χ4v) is 2.80. The van der Waals surface area contributed by atoms with E-state index in [1.165, 1.54) is 11.8 Å². The second-order valence-electron chi connectivity index (χ2n) is 5.94. The van der Waals surface area contributed by atoms with Gasteiger partial charge in [0.25, 0.3) is 5.91 Å². The van der Waals surface area contributed by atoms with Gasteiger partial charge in [-0.1, -0.05) is 12.1 Å². The molecule has 0 saturated heterocycles. The normalized spacial score (nSPS) is 11.0. The van der Waals surface area contributed by atoms with Crippen LogP contribution >= 0.6 is 0 Å². The van der Waals surface area contributed by atoms with E-state index in [9.17, 15) is 4.79 Å². The maximum absolute atomic E-state index is 12.0. The number of hydrogen-bond donors (Lipinski definition) is 1. The van der Waals surface area contributed by atoms with Gasteiger partial charge in [-0.05, 0) is 56.7 Å². The number of nitrogens with zero attached hydrogens (tertiary/aromatic N) is 3. The molecule has 0 unspecified atom stereocenters. The molecule has 0 saturated carbocycles. The number of nitrogens with one attached hydrogen (secondary N) is 1. The van der Waals surface area contributed by atoms with Crippen molar-refractivity contribution >= 4 is 12.1 Å². The molecule has 0 bridgehead atoms. The zero-order chi connectivity index (χ0) is 17.8. The van der Waals surface area contributed by atoms with Crippen molar-refractivity contribution in [1.82, 2.24) is 15.0 Å². The second kappa shape index (κ2) is 7.13. The van der Waals surface area contributed by atoms with E-state index in [1.54, 1.807) is 24.5 Å². The van der Waals surface area contributed by atoms with E-state index in [1.807, 2.05) is 13.0 Å². The van der Waals surface area contributed by atoms with Gasteiger partial charge in [0.2, 0.25) is 0 Å². The number of carbonyl (C=O) groups is 1. The van der Waals surface area contributed by atoms with Crippen molar-refractivity contribution in [2.75, 3.05) is 0 Å². The van der Waals surface area contributed by atoms with Gasteiger partial charge in [0.05, 0.1) is 11.8 Å². The van der Waals surface area contributed by atoms with Crippen LogP contribution in [0.15, 0.2) is 60.0 Å². The Morgan fingerprint density at radius 2 is 2.00 bits per heavy atom. The van der Waals surface area contributed by atoms with Crippen LogP contribution in [-0.4, -0.2) is 21.7 Å². The Kier molecular flexibility index (Phi) is 4.75. The lowest BCUT2D eigenvalue weighted by molar-refractivity contribution is 0.0955. The Morgan fingerprint density at radius 1 is 1.16 bits per heavy atom. The Balaban J connectivity index is 1.80. The highest BCUT2D eigenvalue weighted by Gasteiger charge is 2.10. The van der Waals surface area contributed by atoms with Crippen molar-refractivity contribution in [3.05, 3.63) is 82.9 Å². The van der Waals surface area contributed by atoms with Gasteiger partial charge in [-0.25, -0.2) is 5.43 Å². The van der Waals surface area contributed by atoms with Crippen molar-refractivity contribution in [2.45, 2.75) is 20.8 Å². The molecule has 0 radical (unpaired) electrons. The number of rotatable bonds is 4. The summed E-state index contributed by atoms with van der Waals surface area (Å²) in [5, 5.41) is 4.08. The Morgan fingerprint density at radius 3 is 2.72 bits per heavy atom. The lowest BCUT2D eigenvalue weighted by Crippen LogP contribution is -2.17. The number of amides is 1. The summed E-state index contributed by atoms with van der Waals surface area (Å²) < 4.78 is 2.18. The average molecular weight is 332 g/mol. The van der Waals surface area contributed by atoms with Gasteiger partial charge in [0.15, 0.2) is 0 Å². The average Bonchev–Trinajstić information content (AvgIpc) is 2.89. The molecule has 0 aliphatic carbocycles. The third-order valence-electron chi connectivity index (χ3n) is 4.02. The van der Waals surface area contributed by atoms with Gasteiger partial charge in [-0.2, -0.15) is 5.10 Å². The van der Waals surface area contributed by atoms with E-state index in [-0.39, 0.29) is 5.91 Å². The molecule has 3 rings (SSSR count). The molecule has 2 heterocycles. The first-order valence-electron chi connectivity index (χ1n) is 8.05. The summed E-state index contributed by atoms with van der Waals surface area (Å²) in [6.07, 6.45) is 4.80. The summed E-state index contributed by atoms with van der Waals surface area (Å²) >= 11 is 0. The minimum absolute atomic E-state index is 0.281. The predicted octanol–water partition coefficient (Wildman–Crippen LogP) is 3.56. The lowest BCUT2D eigenvalue weighted by atomic mass is 10.2. The molecule has 126 valence electrons. The zero-order valence-corrected chi connectivity index (χ0v) is 14.5. The molecular formula is C20H20N4O. The number of hydrogen-bond acceptors (Lipinski definition) is 3. The maximum atomic E-state index is 12.0. The van der Waals surface area contributed by atoms with Crippen LogP contribution in [0.3, 0.4) is 0 Å². The summed E-state index contributed by atoms with van der Waals surface area (Å²) in [6, 6.07) is 13.8. The quantitative estimate of drug-likeness (QED) is 0.586. The summed E-state index contributed by atoms with van der Waals surface area (Å²) in [6.45, 7) is 6.18. The van der Waals surface area contributed by atoms with Gasteiger partial charge < -0.3 is 4.57 Å². The third kappa shape index (κ3) is 3.66. The molecule has 0 aliphatic heterocycles. The SMILES string of the molecule is Cc1cccc(-n2c(C)cc(C=NNC(=O)c3cccnc3)c2C)c1. The van der Waals surface area contributed by atoms with Crippen LogP contribution in [0, 0.1) is 20.8 Å². The van der Waals surface area contributed by atoms with Crippen molar-refractivity contribution < 1.29 is 4.79 Å². The smallest absolute Gasteiger partial charge is 0.272 e. The third-order valence-corrected chi connectivity index (χ3v) is 4.02. The van der Waals surface area contributed by atoms with Gasteiger partial charge in [-0.3, -0.25) is 9.78 Å². The number of aromatic nitrogens is 2. The fraction of sp³-hybridized carbons (Fsp3) is 0.150. The summed E-state index contributed by atoms with van der Waals surface area (Å²) in [4.78, 5) is 15.9. The monoisotopic (exact) mass is 332 g/mol. The van der Waals surface area contributed by atoms with Crippen LogP contribution in [0.1, 0.15) is 32.9 Å². The van der Waals surface area contributed by atoms with Crippen LogP contribution < -0.4 is 5.43 Å². The van der Waals surface area contributed by atoms with Crippen molar-refractivity contribution in [2.24, 2.45) is 5.10 Å². The van der Waals surface area contributed by atoms with Crippen LogP contribution in [-0.2, 0) is 0 Å². The molecule has 1 aromatic carbocycles. The fourth-order valence-electron chi connectivity index (χ4n) is 2.80. The molecule has 0 aliphatic rings. The highest BCUT2D eigenvalue weighted by Crippen LogP contribution is 2.20. The van der Waals surface area contributed by atoms with Crippen LogP contribution in [0.4, 0.5) is 0 Å². The number of benzene rings is 1. The summed E-state index contributed by atoms with van der Waals surface area (Å²) in [5.74, 6) is -0.281. The van der Waals surface area contributed by atoms with Gasteiger partial charge >= 0.3 is 0 Å². The first-order chi connectivity index (χ1) is 12.1. The predicted molar refractivity (Wildman–Crippen MR) is 99.3 cm³/mol. The van der Waals surface area contributed by atoms with Gasteiger partial charge in [0.1, 0.15) is 0 Å². The molecule has 2 aromatic heterocycles. The van der Waals surface area contributed by atoms with Crippen molar-refractivity contribution in [3.63, 3.8) is 0 Å². The van der Waals surface area contributed by atoms with E-state index in [4.69, 9.17) is 0 Å². The van der Waals surface area contributed by atoms with Crippen LogP contribution in [0.25, 0.3) is 5.69 Å². The summed E-state index contributed by atoms with van der Waals surface area (Å²) in [5.41, 5.74) is 8.49. The first-order valence-corrected chi connectivity index (χ1v) is 8.05. The van der Waals surface area contributed by atoms with Gasteiger partial charge in [-0.15, -0.1) is 0 Å². The van der Waals surface area contributed by atoms with Crippen LogP contribution in [0.5, 0.6) is 0 Å². The molecule has 1 amide bonds. The van der Waals surface area contributed by atoms with Crippen LogP contribution in [0.2, 0.25) is 0 Å². The second-order valence-corrected chi connectivity index (χ2v) is 5.94. The molecular weight excluding hydrogens is 312 g/mol. The highest BCUT2D eigenvalue weighted by molar-refractivity contribution is 5.94. The number of aryl methyl sites for hydroxylation is 2. The van der Waals surface area contributed by atoms with E-state index in [0.29, 0.717) is 5.56 Å². The number of carbonyl (C=O) groups excluding carboxylic acids is 1. The van der Waals surface area contributed by atoms with Crippen molar-refractivity contribution in [3.8, 4) is 5.69 Å². The molecule has 0 spiro atoms. The lowest BCUT2D eigenvalue weighted by Gasteiger charge is -2.10. The largest absolute Gasteiger partial charge is 0.318 e. The van der Waals surface area contributed by atoms with E-state index < -0.39 is 0 Å². The minimum Gasteiger partial charge on any atom is -0.318 e. The molecule has 1 N–H and O–H groups in total. The maximum Gasteiger partial charge on any atom is 0.272 e. The Bertz CT molecular complexity index is 926. The molecule has 5 nitrogen and oxygen atoms in total. The molecule has 0 fully saturated rings. The number of hydrazone groups is 1. The Labute approximate surface area is 147 Å². The standard InChI is InChI=1S/C20H20N4O/c1-14-6-4-8-19(10-14)24-15(2)11-18(16(24)3)13-22-23-20(25)17-7-5-9-21-12-17/h4-13H,1-3H3,(H,23,25). The zero-order valence-electron chi connectivity index (χ0n) is 14.5. The molecule has 5 heteroatoms. The van der Waals surface area contributed by atoms with Gasteiger partial charge in [0, 0.05) is 35.0 Å². The minimum atomic E-state index is -0.281. The topological polar surface area (TPSA) is 59.3 Å². The summed E-state index contributed by atoms with van der Waals surface area (Å²) in [7, 11) is 0. The van der Waals surface area contributed by atoms with E-state index >= 15 is 0 Å². The first kappa shape index (κ1) is 16.6. The molecule has 25 heavy (non-hydrogen) atoms. The van der Waals surface area contributed by atoms with E-state index in [0.717, 1.165) is 22.6 Å². The number of pyridine rings is 1. The molecule has 3 aromatic rings. The molecule has 0 atom stereocenters. The Hall–Kier alpha value is -3.21. The van der Waals surface area contributed by atoms with E-state index in [2.05, 4.69) is 58.2 Å². The highest BCUT2D eigenvalue weighted by atomic mass is 16.2. The van der Waals surface area contributed by atoms with Crippen molar-refractivity contribution in [1.29, 1.82) is 0 Å².